The van der Waals surface area contributed by atoms with E-state index in [1.165, 1.54) is 18.2 Å². The molecule has 0 saturated carbocycles. The first-order valence-corrected chi connectivity index (χ1v) is 8.19. The van der Waals surface area contributed by atoms with Gasteiger partial charge in [0.1, 0.15) is 5.82 Å². The van der Waals surface area contributed by atoms with Gasteiger partial charge >= 0.3 is 0 Å². The van der Waals surface area contributed by atoms with Crippen molar-refractivity contribution in [3.05, 3.63) is 29.0 Å². The topological polar surface area (TPSA) is 50.8 Å². The Labute approximate surface area is 139 Å². The highest BCUT2D eigenvalue weighted by molar-refractivity contribution is 6.31. The average Bonchev–Trinajstić information content (AvgIpc) is 2.99. The summed E-state index contributed by atoms with van der Waals surface area (Å²) >= 11 is 5.70. The zero-order chi connectivity index (χ0) is 16.3. The summed E-state index contributed by atoms with van der Waals surface area (Å²) in [6.07, 6.45) is 2.05. The molecule has 0 aromatic heterocycles. The van der Waals surface area contributed by atoms with Crippen LogP contribution >= 0.6 is 11.6 Å². The van der Waals surface area contributed by atoms with E-state index in [0.717, 1.165) is 25.9 Å². The first kappa shape index (κ1) is 16.6. The number of likely N-dealkylation sites (tertiary alicyclic amines) is 1. The number of hydrogen-bond acceptors (Lipinski definition) is 4. The van der Waals surface area contributed by atoms with Crippen LogP contribution in [0.25, 0.3) is 0 Å². The van der Waals surface area contributed by atoms with Gasteiger partial charge in [0.05, 0.1) is 18.2 Å². The van der Waals surface area contributed by atoms with E-state index in [0.29, 0.717) is 31.9 Å². The number of nitrogens with zero attached hydrogens (tertiary/aromatic N) is 1. The van der Waals surface area contributed by atoms with Crippen molar-refractivity contribution >= 4 is 23.2 Å². The number of carbonyl (C=O) groups is 1. The van der Waals surface area contributed by atoms with E-state index in [-0.39, 0.29) is 16.7 Å². The predicted molar refractivity (Wildman–Crippen MR) is 85.0 cm³/mol. The molecule has 0 atom stereocenters. The largest absolute Gasteiger partial charge is 0.347 e. The molecule has 1 amide bonds. The lowest BCUT2D eigenvalue weighted by molar-refractivity contribution is -0.185. The number of piperidine rings is 1. The van der Waals surface area contributed by atoms with Crippen molar-refractivity contribution < 1.29 is 18.7 Å². The number of ether oxygens (including phenoxy) is 2. The third-order valence-electron chi connectivity index (χ3n) is 4.29. The van der Waals surface area contributed by atoms with Crippen LogP contribution in [-0.4, -0.2) is 49.4 Å². The van der Waals surface area contributed by atoms with Crippen molar-refractivity contribution in [1.82, 2.24) is 4.90 Å². The minimum absolute atomic E-state index is 0.000641. The molecule has 2 aliphatic heterocycles. The second-order valence-corrected chi connectivity index (χ2v) is 6.28. The van der Waals surface area contributed by atoms with Gasteiger partial charge in [-0.3, -0.25) is 4.79 Å². The molecule has 0 aliphatic carbocycles. The number of nitrogens with one attached hydrogen (secondary N) is 1. The molecule has 2 saturated heterocycles. The summed E-state index contributed by atoms with van der Waals surface area (Å²) in [5.41, 5.74) is 0.506. The Morgan fingerprint density at radius 2 is 2.00 bits per heavy atom. The second-order valence-electron chi connectivity index (χ2n) is 5.88. The quantitative estimate of drug-likeness (QED) is 0.914. The van der Waals surface area contributed by atoms with Crippen LogP contribution in [0, 0.1) is 5.82 Å². The molecule has 2 fully saturated rings. The summed E-state index contributed by atoms with van der Waals surface area (Å²) in [7, 11) is 0. The Morgan fingerprint density at radius 3 is 2.65 bits per heavy atom. The molecule has 1 N–H and O–H groups in total. The molecule has 5 nitrogen and oxygen atoms in total. The Morgan fingerprint density at radius 1 is 1.30 bits per heavy atom. The van der Waals surface area contributed by atoms with Gasteiger partial charge in [-0.1, -0.05) is 11.6 Å². The molecule has 23 heavy (non-hydrogen) atoms. The number of halogens is 2. The number of carbonyl (C=O) groups excluding carboxylic acids is 1. The molecule has 2 aliphatic rings. The minimum atomic E-state index is -0.497. The second kappa shape index (κ2) is 7.13. The number of benzene rings is 1. The molecule has 0 radical (unpaired) electrons. The van der Waals surface area contributed by atoms with Crippen molar-refractivity contribution in [2.45, 2.75) is 25.0 Å². The molecule has 0 bridgehead atoms. The van der Waals surface area contributed by atoms with Gasteiger partial charge in [-0.05, 0) is 18.2 Å². The molecule has 2 heterocycles. The summed E-state index contributed by atoms with van der Waals surface area (Å²) in [5, 5.41) is 2.73. The molecule has 126 valence electrons. The Balaban J connectivity index is 1.42. The normalized spacial score (nSPS) is 20.8. The average molecular weight is 343 g/mol. The molecule has 1 aromatic carbocycles. The van der Waals surface area contributed by atoms with E-state index in [1.54, 1.807) is 0 Å². The Bertz CT molecular complexity index is 568. The summed E-state index contributed by atoms with van der Waals surface area (Å²) in [6, 6.07) is 4.15. The van der Waals surface area contributed by atoms with E-state index in [9.17, 15) is 9.18 Å². The smallest absolute Gasteiger partial charge is 0.225 e. The van der Waals surface area contributed by atoms with Crippen molar-refractivity contribution in [2.24, 2.45) is 0 Å². The van der Waals surface area contributed by atoms with Crippen LogP contribution in [0.15, 0.2) is 18.2 Å². The highest BCUT2D eigenvalue weighted by Gasteiger charge is 2.39. The SMILES string of the molecule is O=C(CCN1CCC2(CC1)OCCO2)Nc1ccc(F)c(Cl)c1. The lowest BCUT2D eigenvalue weighted by atomic mass is 10.0. The van der Waals surface area contributed by atoms with Crippen LogP contribution in [0.1, 0.15) is 19.3 Å². The summed E-state index contributed by atoms with van der Waals surface area (Å²) < 4.78 is 24.4. The summed E-state index contributed by atoms with van der Waals surface area (Å²) in [4.78, 5) is 14.2. The van der Waals surface area contributed by atoms with Crippen LogP contribution in [0.3, 0.4) is 0 Å². The predicted octanol–water partition coefficient (Wildman–Crippen LogP) is 2.65. The molecule has 3 rings (SSSR count). The van der Waals surface area contributed by atoms with Gasteiger partial charge in [0, 0.05) is 44.6 Å². The lowest BCUT2D eigenvalue weighted by Gasteiger charge is -2.37. The fourth-order valence-electron chi connectivity index (χ4n) is 2.96. The van der Waals surface area contributed by atoms with E-state index >= 15 is 0 Å². The van der Waals surface area contributed by atoms with Crippen LogP contribution < -0.4 is 5.32 Å². The maximum absolute atomic E-state index is 13.1. The van der Waals surface area contributed by atoms with Crippen molar-refractivity contribution in [1.29, 1.82) is 0 Å². The standard InChI is InChI=1S/C16H20ClFN2O3/c17-13-11-12(1-2-14(13)18)19-15(21)3-6-20-7-4-16(5-8-20)22-9-10-23-16/h1-2,11H,3-10H2,(H,19,21). The van der Waals surface area contributed by atoms with E-state index < -0.39 is 5.82 Å². The zero-order valence-electron chi connectivity index (χ0n) is 12.8. The molecule has 1 spiro atoms. The van der Waals surface area contributed by atoms with Gasteiger partial charge in [0.15, 0.2) is 5.79 Å². The van der Waals surface area contributed by atoms with Crippen LogP contribution in [0.5, 0.6) is 0 Å². The fourth-order valence-corrected chi connectivity index (χ4v) is 3.14. The molecular weight excluding hydrogens is 323 g/mol. The van der Waals surface area contributed by atoms with Crippen molar-refractivity contribution in [3.8, 4) is 0 Å². The Kier molecular flexibility index (Phi) is 5.16. The van der Waals surface area contributed by atoms with E-state index in [2.05, 4.69) is 10.2 Å². The zero-order valence-corrected chi connectivity index (χ0v) is 13.6. The van der Waals surface area contributed by atoms with Gasteiger partial charge in [0.25, 0.3) is 0 Å². The maximum Gasteiger partial charge on any atom is 0.225 e. The first-order valence-electron chi connectivity index (χ1n) is 7.82. The van der Waals surface area contributed by atoms with Gasteiger partial charge in [0.2, 0.25) is 5.91 Å². The number of anilines is 1. The lowest BCUT2D eigenvalue weighted by Crippen LogP contribution is -2.45. The van der Waals surface area contributed by atoms with Gasteiger partial charge in [-0.2, -0.15) is 0 Å². The van der Waals surface area contributed by atoms with Gasteiger partial charge in [-0.25, -0.2) is 4.39 Å². The number of rotatable bonds is 4. The highest BCUT2D eigenvalue weighted by Crippen LogP contribution is 2.31. The molecule has 1 aromatic rings. The monoisotopic (exact) mass is 342 g/mol. The third-order valence-corrected chi connectivity index (χ3v) is 4.58. The Hall–Kier alpha value is -1.21. The molecule has 7 heteroatoms. The van der Waals surface area contributed by atoms with Crippen LogP contribution in [-0.2, 0) is 14.3 Å². The molecular formula is C16H20ClFN2O3. The minimum Gasteiger partial charge on any atom is -0.347 e. The summed E-state index contributed by atoms with van der Waals surface area (Å²) in [6.45, 7) is 3.73. The maximum atomic E-state index is 13.1. The third kappa shape index (κ3) is 4.20. The van der Waals surface area contributed by atoms with Crippen LogP contribution in [0.4, 0.5) is 10.1 Å². The number of amides is 1. The van der Waals surface area contributed by atoms with Gasteiger partial charge < -0.3 is 19.7 Å². The first-order chi connectivity index (χ1) is 11.1. The molecule has 0 unspecified atom stereocenters. The van der Waals surface area contributed by atoms with Crippen molar-refractivity contribution in [3.63, 3.8) is 0 Å². The van der Waals surface area contributed by atoms with E-state index in [1.807, 2.05) is 0 Å². The highest BCUT2D eigenvalue weighted by atomic mass is 35.5. The van der Waals surface area contributed by atoms with Crippen molar-refractivity contribution in [2.75, 3.05) is 38.2 Å². The fraction of sp³-hybridized carbons (Fsp3) is 0.562. The number of hydrogen-bond donors (Lipinski definition) is 1. The summed E-state index contributed by atoms with van der Waals surface area (Å²) in [5.74, 6) is -0.992. The van der Waals surface area contributed by atoms with Crippen LogP contribution in [0.2, 0.25) is 5.02 Å². The van der Waals surface area contributed by atoms with E-state index in [4.69, 9.17) is 21.1 Å². The van der Waals surface area contributed by atoms with Gasteiger partial charge in [-0.15, -0.1) is 0 Å².